The SMILES string of the molecule is CNC(c1ccc(F)c(Cl)c1)c1cc(F)c(Br)cc1F. The minimum Gasteiger partial charge on any atom is -0.309 e. The quantitative estimate of drug-likeness (QED) is 0.769. The maximum absolute atomic E-state index is 14.0. The fourth-order valence-corrected chi connectivity index (χ4v) is 2.46. The van der Waals surface area contributed by atoms with E-state index in [4.69, 9.17) is 11.6 Å². The number of hydrogen-bond acceptors (Lipinski definition) is 1. The largest absolute Gasteiger partial charge is 0.309 e. The Morgan fingerprint density at radius 3 is 2.35 bits per heavy atom. The minimum absolute atomic E-state index is 0.0470. The summed E-state index contributed by atoms with van der Waals surface area (Å²) in [6.07, 6.45) is 0. The summed E-state index contributed by atoms with van der Waals surface area (Å²) < 4.78 is 40.8. The zero-order valence-corrected chi connectivity index (χ0v) is 12.7. The summed E-state index contributed by atoms with van der Waals surface area (Å²) in [6, 6.07) is 5.57. The first-order chi connectivity index (χ1) is 9.43. The molecule has 20 heavy (non-hydrogen) atoms. The van der Waals surface area contributed by atoms with Gasteiger partial charge in [0.25, 0.3) is 0 Å². The van der Waals surface area contributed by atoms with Gasteiger partial charge in [0.05, 0.1) is 15.5 Å². The third kappa shape index (κ3) is 3.00. The lowest BCUT2D eigenvalue weighted by molar-refractivity contribution is 0.554. The van der Waals surface area contributed by atoms with Crippen LogP contribution in [0, 0.1) is 17.5 Å². The molecule has 0 aliphatic heterocycles. The van der Waals surface area contributed by atoms with Crippen molar-refractivity contribution in [3.05, 3.63) is 68.4 Å². The molecule has 0 saturated carbocycles. The van der Waals surface area contributed by atoms with E-state index in [9.17, 15) is 13.2 Å². The van der Waals surface area contributed by atoms with Gasteiger partial charge in [0.1, 0.15) is 17.5 Å². The molecule has 0 fully saturated rings. The van der Waals surface area contributed by atoms with Crippen LogP contribution >= 0.6 is 27.5 Å². The first-order valence-corrected chi connectivity index (χ1v) is 6.87. The van der Waals surface area contributed by atoms with Gasteiger partial charge in [-0.15, -0.1) is 0 Å². The van der Waals surface area contributed by atoms with E-state index in [1.165, 1.54) is 18.2 Å². The molecule has 0 amide bonds. The lowest BCUT2D eigenvalue weighted by Gasteiger charge is -2.18. The second kappa shape index (κ2) is 6.16. The minimum atomic E-state index is -0.629. The zero-order chi connectivity index (χ0) is 14.9. The molecule has 0 radical (unpaired) electrons. The second-order valence-electron chi connectivity index (χ2n) is 4.18. The Morgan fingerprint density at radius 1 is 1.05 bits per heavy atom. The third-order valence-electron chi connectivity index (χ3n) is 2.92. The van der Waals surface area contributed by atoms with E-state index in [-0.39, 0.29) is 15.1 Å². The Hall–Kier alpha value is -1.04. The molecule has 2 aromatic carbocycles. The standard InChI is InChI=1S/C14H10BrClF3N/c1-20-14(7-2-3-11(17)10(16)4-7)8-5-13(19)9(15)6-12(8)18/h2-6,14,20H,1H3. The van der Waals surface area contributed by atoms with Gasteiger partial charge in [0.15, 0.2) is 0 Å². The topological polar surface area (TPSA) is 12.0 Å². The highest BCUT2D eigenvalue weighted by Gasteiger charge is 2.19. The van der Waals surface area contributed by atoms with Crippen LogP contribution in [0.3, 0.4) is 0 Å². The Kier molecular flexibility index (Phi) is 4.73. The van der Waals surface area contributed by atoms with Crippen molar-refractivity contribution in [1.82, 2.24) is 5.32 Å². The van der Waals surface area contributed by atoms with Gasteiger partial charge in [-0.05, 0) is 52.8 Å². The molecule has 2 rings (SSSR count). The summed E-state index contributed by atoms with van der Waals surface area (Å²) in [7, 11) is 1.60. The van der Waals surface area contributed by atoms with Crippen LogP contribution in [-0.2, 0) is 0 Å². The van der Waals surface area contributed by atoms with E-state index in [0.717, 1.165) is 12.1 Å². The van der Waals surface area contributed by atoms with Crippen LogP contribution in [0.1, 0.15) is 17.2 Å². The van der Waals surface area contributed by atoms with Crippen molar-refractivity contribution >= 4 is 27.5 Å². The van der Waals surface area contributed by atoms with Crippen molar-refractivity contribution < 1.29 is 13.2 Å². The predicted molar refractivity (Wildman–Crippen MR) is 76.4 cm³/mol. The van der Waals surface area contributed by atoms with Gasteiger partial charge in [0, 0.05) is 5.56 Å². The van der Waals surface area contributed by atoms with Crippen molar-refractivity contribution in [3.8, 4) is 0 Å². The number of nitrogens with one attached hydrogen (secondary N) is 1. The summed E-state index contributed by atoms with van der Waals surface area (Å²) in [5.41, 5.74) is 0.662. The predicted octanol–water partition coefficient (Wildman–Crippen LogP) is 4.83. The molecule has 0 aromatic heterocycles. The fourth-order valence-electron chi connectivity index (χ4n) is 1.95. The average Bonchev–Trinajstić information content (AvgIpc) is 2.40. The van der Waals surface area contributed by atoms with E-state index >= 15 is 0 Å². The molecular formula is C14H10BrClF3N. The summed E-state index contributed by atoms with van der Waals surface area (Å²) in [6.45, 7) is 0. The lowest BCUT2D eigenvalue weighted by atomic mass is 9.98. The summed E-state index contributed by atoms with van der Waals surface area (Å²) in [5.74, 6) is -1.71. The van der Waals surface area contributed by atoms with E-state index in [2.05, 4.69) is 21.2 Å². The monoisotopic (exact) mass is 363 g/mol. The Balaban J connectivity index is 2.52. The lowest BCUT2D eigenvalue weighted by Crippen LogP contribution is -2.19. The molecular weight excluding hydrogens is 355 g/mol. The molecule has 0 heterocycles. The number of halogens is 5. The maximum Gasteiger partial charge on any atom is 0.141 e. The highest BCUT2D eigenvalue weighted by Crippen LogP contribution is 2.30. The Bertz CT molecular complexity index is 649. The van der Waals surface area contributed by atoms with Gasteiger partial charge >= 0.3 is 0 Å². The van der Waals surface area contributed by atoms with Gasteiger partial charge in [0.2, 0.25) is 0 Å². The molecule has 1 N–H and O–H groups in total. The van der Waals surface area contributed by atoms with Crippen molar-refractivity contribution in [2.75, 3.05) is 7.05 Å². The first-order valence-electron chi connectivity index (χ1n) is 5.70. The van der Waals surface area contributed by atoms with Gasteiger partial charge in [-0.2, -0.15) is 0 Å². The van der Waals surface area contributed by atoms with Crippen molar-refractivity contribution in [2.24, 2.45) is 0 Å². The first kappa shape index (κ1) is 15.4. The maximum atomic E-state index is 14.0. The molecule has 6 heteroatoms. The molecule has 0 aliphatic rings. The molecule has 2 aromatic rings. The van der Waals surface area contributed by atoms with E-state index in [0.29, 0.717) is 5.56 Å². The van der Waals surface area contributed by atoms with Crippen molar-refractivity contribution in [2.45, 2.75) is 6.04 Å². The summed E-state index contributed by atoms with van der Waals surface area (Å²) in [5, 5.41) is 2.80. The smallest absolute Gasteiger partial charge is 0.141 e. The highest BCUT2D eigenvalue weighted by atomic mass is 79.9. The second-order valence-corrected chi connectivity index (χ2v) is 5.44. The van der Waals surface area contributed by atoms with Crippen LogP contribution in [0.2, 0.25) is 5.02 Å². The Morgan fingerprint density at radius 2 is 1.75 bits per heavy atom. The molecule has 1 nitrogen and oxygen atoms in total. The number of hydrogen-bond donors (Lipinski definition) is 1. The van der Waals surface area contributed by atoms with Gasteiger partial charge in [-0.1, -0.05) is 17.7 Å². The summed E-state index contributed by atoms with van der Waals surface area (Å²) >= 11 is 8.64. The van der Waals surface area contributed by atoms with Crippen molar-refractivity contribution in [1.29, 1.82) is 0 Å². The Labute approximate surface area is 127 Å². The van der Waals surface area contributed by atoms with Crippen LogP contribution in [0.5, 0.6) is 0 Å². The molecule has 1 atom stereocenters. The van der Waals surface area contributed by atoms with Gasteiger partial charge < -0.3 is 5.32 Å². The molecule has 0 spiro atoms. The summed E-state index contributed by atoms with van der Waals surface area (Å²) in [4.78, 5) is 0. The molecule has 0 saturated heterocycles. The molecule has 0 aliphatic carbocycles. The van der Waals surface area contributed by atoms with Gasteiger partial charge in [-0.3, -0.25) is 0 Å². The third-order valence-corrected chi connectivity index (χ3v) is 3.81. The number of rotatable bonds is 3. The van der Waals surface area contributed by atoms with E-state index in [1.54, 1.807) is 7.05 Å². The number of benzene rings is 2. The van der Waals surface area contributed by atoms with Crippen LogP contribution in [0.4, 0.5) is 13.2 Å². The normalized spacial score (nSPS) is 12.5. The van der Waals surface area contributed by atoms with E-state index < -0.39 is 23.5 Å². The average molecular weight is 365 g/mol. The van der Waals surface area contributed by atoms with Crippen molar-refractivity contribution in [3.63, 3.8) is 0 Å². The van der Waals surface area contributed by atoms with Gasteiger partial charge in [-0.25, -0.2) is 13.2 Å². The van der Waals surface area contributed by atoms with Crippen LogP contribution in [0.15, 0.2) is 34.8 Å². The van der Waals surface area contributed by atoms with Crippen LogP contribution < -0.4 is 5.32 Å². The van der Waals surface area contributed by atoms with Crippen LogP contribution in [0.25, 0.3) is 0 Å². The molecule has 0 bridgehead atoms. The molecule has 1 unspecified atom stereocenters. The zero-order valence-electron chi connectivity index (χ0n) is 10.4. The van der Waals surface area contributed by atoms with E-state index in [1.807, 2.05) is 0 Å². The fraction of sp³-hybridized carbons (Fsp3) is 0.143. The van der Waals surface area contributed by atoms with Crippen LogP contribution in [-0.4, -0.2) is 7.05 Å². The molecule has 106 valence electrons. The highest BCUT2D eigenvalue weighted by molar-refractivity contribution is 9.10.